The molecular weight excluding hydrogens is 146 g/mol. The molecule has 0 amide bonds. The summed E-state index contributed by atoms with van der Waals surface area (Å²) in [5.41, 5.74) is 7.07. The fourth-order valence-corrected chi connectivity index (χ4v) is 1.45. The third-order valence-corrected chi connectivity index (χ3v) is 2.59. The molecule has 2 N–H and O–H groups in total. The van der Waals surface area contributed by atoms with Gasteiger partial charge in [0.2, 0.25) is 0 Å². The van der Waals surface area contributed by atoms with Crippen molar-refractivity contribution in [2.45, 2.75) is 20.8 Å². The van der Waals surface area contributed by atoms with Gasteiger partial charge in [0.1, 0.15) is 0 Å². The molecule has 0 bridgehead atoms. The third-order valence-electron chi connectivity index (χ3n) is 2.59. The molecule has 0 radical (unpaired) electrons. The van der Waals surface area contributed by atoms with Crippen molar-refractivity contribution in [2.75, 3.05) is 6.54 Å². The van der Waals surface area contributed by atoms with E-state index >= 15 is 0 Å². The van der Waals surface area contributed by atoms with Gasteiger partial charge in [0.25, 0.3) is 0 Å². The van der Waals surface area contributed by atoms with Crippen molar-refractivity contribution in [1.29, 1.82) is 0 Å². The van der Waals surface area contributed by atoms with Gasteiger partial charge >= 0.3 is 0 Å². The van der Waals surface area contributed by atoms with Gasteiger partial charge in [0, 0.05) is 0 Å². The molecule has 1 nitrogen and oxygen atoms in total. The van der Waals surface area contributed by atoms with Crippen molar-refractivity contribution < 1.29 is 0 Å². The molecule has 1 rings (SSSR count). The molecular formula is C11H19N. The predicted octanol–water partition coefficient (Wildman–Crippen LogP) is 2.35. The van der Waals surface area contributed by atoms with Crippen LogP contribution in [0.3, 0.4) is 0 Å². The fraction of sp³-hybridized carbons (Fsp3) is 0.636. The second-order valence-corrected chi connectivity index (χ2v) is 3.97. The van der Waals surface area contributed by atoms with E-state index in [1.54, 1.807) is 0 Å². The zero-order valence-electron chi connectivity index (χ0n) is 8.25. The smallest absolute Gasteiger partial charge is 0.000667 e. The highest BCUT2D eigenvalue weighted by molar-refractivity contribution is 5.30. The van der Waals surface area contributed by atoms with Crippen molar-refractivity contribution in [3.8, 4) is 0 Å². The van der Waals surface area contributed by atoms with E-state index in [2.05, 4.69) is 39.0 Å². The Hall–Kier alpha value is -0.560. The molecule has 1 heteroatoms. The second-order valence-electron chi connectivity index (χ2n) is 3.97. The summed E-state index contributed by atoms with van der Waals surface area (Å²) in [6.45, 7) is 7.43. The average Bonchev–Trinajstić information content (AvgIpc) is 2.51. The van der Waals surface area contributed by atoms with Crippen LogP contribution in [0.4, 0.5) is 0 Å². The lowest BCUT2D eigenvalue weighted by Gasteiger charge is -2.12. The summed E-state index contributed by atoms with van der Waals surface area (Å²) in [6.07, 6.45) is 6.86. The van der Waals surface area contributed by atoms with Crippen LogP contribution in [0.2, 0.25) is 0 Å². The molecule has 1 aliphatic rings. The average molecular weight is 165 g/mol. The summed E-state index contributed by atoms with van der Waals surface area (Å²) in [6, 6.07) is 0. The zero-order valence-corrected chi connectivity index (χ0v) is 8.25. The highest BCUT2D eigenvalue weighted by atomic mass is 14.5. The SMILES string of the molecule is CC(C)C1=CC(C(C)CN)C=C1. The van der Waals surface area contributed by atoms with Gasteiger partial charge in [-0.1, -0.05) is 39.0 Å². The van der Waals surface area contributed by atoms with Crippen LogP contribution in [0.15, 0.2) is 23.8 Å². The van der Waals surface area contributed by atoms with Gasteiger partial charge in [0.15, 0.2) is 0 Å². The molecule has 1 aliphatic carbocycles. The van der Waals surface area contributed by atoms with Crippen molar-refractivity contribution in [3.05, 3.63) is 23.8 Å². The minimum Gasteiger partial charge on any atom is -0.330 e. The first-order valence-electron chi connectivity index (χ1n) is 4.75. The minimum absolute atomic E-state index is 0.576. The molecule has 68 valence electrons. The summed E-state index contributed by atoms with van der Waals surface area (Å²) in [5.74, 6) is 1.81. The van der Waals surface area contributed by atoms with Gasteiger partial charge < -0.3 is 5.73 Å². The van der Waals surface area contributed by atoms with E-state index in [4.69, 9.17) is 5.73 Å². The van der Waals surface area contributed by atoms with E-state index in [-0.39, 0.29) is 0 Å². The summed E-state index contributed by atoms with van der Waals surface area (Å²) >= 11 is 0. The summed E-state index contributed by atoms with van der Waals surface area (Å²) in [7, 11) is 0. The molecule has 2 unspecified atom stereocenters. The molecule has 2 atom stereocenters. The Morgan fingerprint density at radius 1 is 1.42 bits per heavy atom. The number of rotatable bonds is 3. The lowest BCUT2D eigenvalue weighted by atomic mass is 9.95. The van der Waals surface area contributed by atoms with Crippen LogP contribution in [0.5, 0.6) is 0 Å². The highest BCUT2D eigenvalue weighted by Crippen LogP contribution is 2.26. The molecule has 0 saturated carbocycles. The highest BCUT2D eigenvalue weighted by Gasteiger charge is 2.16. The van der Waals surface area contributed by atoms with Crippen LogP contribution < -0.4 is 5.73 Å². The van der Waals surface area contributed by atoms with E-state index in [9.17, 15) is 0 Å². The first kappa shape index (κ1) is 9.53. The minimum atomic E-state index is 0.576. The summed E-state index contributed by atoms with van der Waals surface area (Å²) in [4.78, 5) is 0. The van der Waals surface area contributed by atoms with Gasteiger partial charge in [0.05, 0.1) is 0 Å². The Morgan fingerprint density at radius 2 is 2.08 bits per heavy atom. The van der Waals surface area contributed by atoms with Crippen LogP contribution >= 0.6 is 0 Å². The van der Waals surface area contributed by atoms with Gasteiger partial charge in [-0.2, -0.15) is 0 Å². The lowest BCUT2D eigenvalue weighted by Crippen LogP contribution is -2.16. The lowest BCUT2D eigenvalue weighted by molar-refractivity contribution is 0.513. The van der Waals surface area contributed by atoms with Crippen LogP contribution in [-0.4, -0.2) is 6.54 Å². The van der Waals surface area contributed by atoms with E-state index in [0.29, 0.717) is 17.8 Å². The fourth-order valence-electron chi connectivity index (χ4n) is 1.45. The maximum Gasteiger partial charge on any atom is -0.000667 e. The van der Waals surface area contributed by atoms with Crippen molar-refractivity contribution >= 4 is 0 Å². The van der Waals surface area contributed by atoms with Crippen molar-refractivity contribution in [3.63, 3.8) is 0 Å². The molecule has 0 spiro atoms. The monoisotopic (exact) mass is 165 g/mol. The number of hydrogen-bond donors (Lipinski definition) is 1. The van der Waals surface area contributed by atoms with Crippen LogP contribution in [0, 0.1) is 17.8 Å². The van der Waals surface area contributed by atoms with Crippen molar-refractivity contribution in [1.82, 2.24) is 0 Å². The number of nitrogens with two attached hydrogens (primary N) is 1. The van der Waals surface area contributed by atoms with Crippen LogP contribution in [-0.2, 0) is 0 Å². The Labute approximate surface area is 75.3 Å². The molecule has 0 aliphatic heterocycles. The molecule has 0 heterocycles. The Balaban J connectivity index is 2.60. The number of hydrogen-bond acceptors (Lipinski definition) is 1. The van der Waals surface area contributed by atoms with Gasteiger partial charge in [-0.25, -0.2) is 0 Å². The topological polar surface area (TPSA) is 26.0 Å². The first-order chi connectivity index (χ1) is 5.65. The molecule has 12 heavy (non-hydrogen) atoms. The zero-order chi connectivity index (χ0) is 9.14. The third kappa shape index (κ3) is 1.98. The van der Waals surface area contributed by atoms with Gasteiger partial charge in [-0.3, -0.25) is 0 Å². The van der Waals surface area contributed by atoms with E-state index in [1.165, 1.54) is 5.57 Å². The van der Waals surface area contributed by atoms with E-state index in [0.717, 1.165) is 6.54 Å². The quantitative estimate of drug-likeness (QED) is 0.682. The maximum absolute atomic E-state index is 5.61. The summed E-state index contributed by atoms with van der Waals surface area (Å²) in [5, 5.41) is 0. The van der Waals surface area contributed by atoms with E-state index < -0.39 is 0 Å². The molecule has 0 aromatic carbocycles. The summed E-state index contributed by atoms with van der Waals surface area (Å²) < 4.78 is 0. The molecule has 0 aromatic rings. The van der Waals surface area contributed by atoms with E-state index in [1.807, 2.05) is 0 Å². The molecule has 0 fully saturated rings. The Morgan fingerprint density at radius 3 is 2.50 bits per heavy atom. The number of allylic oxidation sites excluding steroid dienone is 4. The Bertz CT molecular complexity index is 201. The van der Waals surface area contributed by atoms with Gasteiger partial charge in [-0.15, -0.1) is 0 Å². The largest absolute Gasteiger partial charge is 0.330 e. The van der Waals surface area contributed by atoms with Gasteiger partial charge in [-0.05, 0) is 29.9 Å². The molecule has 0 aromatic heterocycles. The van der Waals surface area contributed by atoms with Crippen LogP contribution in [0.1, 0.15) is 20.8 Å². The standard InChI is InChI=1S/C11H19N/c1-8(2)10-4-5-11(6-10)9(3)7-12/h4-6,8-9,11H,7,12H2,1-3H3. The predicted molar refractivity (Wildman–Crippen MR) is 53.8 cm³/mol. The maximum atomic E-state index is 5.61. The van der Waals surface area contributed by atoms with Crippen LogP contribution in [0.25, 0.3) is 0 Å². The van der Waals surface area contributed by atoms with Crippen molar-refractivity contribution in [2.24, 2.45) is 23.5 Å². The Kier molecular flexibility index (Phi) is 3.10. The normalized spacial score (nSPS) is 24.8. The first-order valence-corrected chi connectivity index (χ1v) is 4.75. The molecule has 0 saturated heterocycles. The second kappa shape index (κ2) is 3.90.